The number of rotatable bonds is 4. The number of aliphatic hydroxyl groups excluding tert-OH is 1. The second kappa shape index (κ2) is 6.41. The van der Waals surface area contributed by atoms with Crippen molar-refractivity contribution in [2.45, 2.75) is 19.4 Å². The smallest absolute Gasteiger partial charge is 0.0702 e. The Morgan fingerprint density at radius 1 is 1.50 bits per heavy atom. The molecule has 0 aliphatic carbocycles. The minimum atomic E-state index is 0.0535. The van der Waals surface area contributed by atoms with E-state index in [1.165, 1.54) is 6.42 Å². The van der Waals surface area contributed by atoms with Crippen molar-refractivity contribution in [3.63, 3.8) is 0 Å². The molecule has 1 heterocycles. The molecule has 1 atom stereocenters. The molecule has 0 bridgehead atoms. The molecule has 1 aromatic rings. The van der Waals surface area contributed by atoms with E-state index in [9.17, 15) is 5.11 Å². The van der Waals surface area contributed by atoms with Gasteiger partial charge >= 0.3 is 0 Å². The molecular formula is C14H20ClNO2. The lowest BCUT2D eigenvalue weighted by molar-refractivity contribution is 0.143. The van der Waals surface area contributed by atoms with E-state index in [-0.39, 0.29) is 6.61 Å². The molecule has 3 nitrogen and oxygen atoms in total. The minimum Gasteiger partial charge on any atom is -0.392 e. The Morgan fingerprint density at radius 3 is 3.06 bits per heavy atom. The SMILES string of the molecule is COCC1CCCN(c2cc(Cl)ccc2CO)C1. The lowest BCUT2D eigenvalue weighted by Crippen LogP contribution is -2.37. The molecular weight excluding hydrogens is 250 g/mol. The molecule has 4 heteroatoms. The van der Waals surface area contributed by atoms with Crippen LogP contribution in [0.15, 0.2) is 18.2 Å². The van der Waals surface area contributed by atoms with Gasteiger partial charge in [-0.25, -0.2) is 0 Å². The van der Waals surface area contributed by atoms with E-state index in [4.69, 9.17) is 16.3 Å². The van der Waals surface area contributed by atoms with Gasteiger partial charge in [0.15, 0.2) is 0 Å². The van der Waals surface area contributed by atoms with Crippen molar-refractivity contribution < 1.29 is 9.84 Å². The highest BCUT2D eigenvalue weighted by Crippen LogP contribution is 2.29. The van der Waals surface area contributed by atoms with Gasteiger partial charge < -0.3 is 14.7 Å². The standard InChI is InChI=1S/C14H20ClNO2/c1-18-10-11-3-2-6-16(8-11)14-7-13(15)5-4-12(14)9-17/h4-5,7,11,17H,2-3,6,8-10H2,1H3. The highest BCUT2D eigenvalue weighted by atomic mass is 35.5. The average Bonchev–Trinajstić information content (AvgIpc) is 2.39. The van der Waals surface area contributed by atoms with Crippen LogP contribution in [0.4, 0.5) is 5.69 Å². The Morgan fingerprint density at radius 2 is 2.33 bits per heavy atom. The van der Waals surface area contributed by atoms with Crippen molar-refractivity contribution in [3.8, 4) is 0 Å². The third kappa shape index (κ3) is 3.16. The summed E-state index contributed by atoms with van der Waals surface area (Å²) in [5, 5.41) is 10.1. The van der Waals surface area contributed by atoms with Gasteiger partial charge in [0.05, 0.1) is 13.2 Å². The molecule has 100 valence electrons. The maximum absolute atomic E-state index is 9.41. The fourth-order valence-electron chi connectivity index (χ4n) is 2.62. The van der Waals surface area contributed by atoms with Crippen molar-refractivity contribution in [2.75, 3.05) is 31.7 Å². The van der Waals surface area contributed by atoms with E-state index < -0.39 is 0 Å². The second-order valence-electron chi connectivity index (χ2n) is 4.84. The number of hydrogen-bond donors (Lipinski definition) is 1. The highest BCUT2D eigenvalue weighted by Gasteiger charge is 2.21. The molecule has 2 rings (SSSR count). The molecule has 1 fully saturated rings. The van der Waals surface area contributed by atoms with Crippen LogP contribution in [0.5, 0.6) is 0 Å². The number of nitrogens with zero attached hydrogens (tertiary/aromatic N) is 1. The van der Waals surface area contributed by atoms with Gasteiger partial charge in [0, 0.05) is 36.5 Å². The van der Waals surface area contributed by atoms with Crippen molar-refractivity contribution in [3.05, 3.63) is 28.8 Å². The van der Waals surface area contributed by atoms with E-state index in [1.54, 1.807) is 7.11 Å². The largest absolute Gasteiger partial charge is 0.392 e. The number of ether oxygens (including phenoxy) is 1. The Hall–Kier alpha value is -0.770. The van der Waals surface area contributed by atoms with Crippen molar-refractivity contribution in [1.29, 1.82) is 0 Å². The fourth-order valence-corrected chi connectivity index (χ4v) is 2.79. The van der Waals surface area contributed by atoms with Crippen LogP contribution < -0.4 is 4.90 Å². The predicted octanol–water partition coefficient (Wildman–Crippen LogP) is 2.70. The first-order valence-electron chi connectivity index (χ1n) is 6.37. The highest BCUT2D eigenvalue weighted by molar-refractivity contribution is 6.30. The zero-order valence-corrected chi connectivity index (χ0v) is 11.5. The van der Waals surface area contributed by atoms with Crippen molar-refractivity contribution >= 4 is 17.3 Å². The van der Waals surface area contributed by atoms with Crippen molar-refractivity contribution in [2.24, 2.45) is 5.92 Å². The quantitative estimate of drug-likeness (QED) is 0.912. The zero-order chi connectivity index (χ0) is 13.0. The second-order valence-corrected chi connectivity index (χ2v) is 5.28. The Bertz CT molecular complexity index is 395. The van der Waals surface area contributed by atoms with Crippen LogP contribution in [0, 0.1) is 5.92 Å². The van der Waals surface area contributed by atoms with Gasteiger partial charge in [0.1, 0.15) is 0 Å². The molecule has 18 heavy (non-hydrogen) atoms. The number of aliphatic hydroxyl groups is 1. The number of anilines is 1. The van der Waals surface area contributed by atoms with E-state index in [0.717, 1.165) is 42.4 Å². The number of benzene rings is 1. The number of piperidine rings is 1. The van der Waals surface area contributed by atoms with Crippen LogP contribution in [0.1, 0.15) is 18.4 Å². The molecule has 1 unspecified atom stereocenters. The number of methoxy groups -OCH3 is 1. The van der Waals surface area contributed by atoms with Crippen LogP contribution in [0.25, 0.3) is 0 Å². The molecule has 0 amide bonds. The summed E-state index contributed by atoms with van der Waals surface area (Å²) in [4.78, 5) is 2.31. The topological polar surface area (TPSA) is 32.7 Å². The van der Waals surface area contributed by atoms with Crippen LogP contribution in [-0.4, -0.2) is 31.9 Å². The summed E-state index contributed by atoms with van der Waals surface area (Å²) < 4.78 is 5.24. The molecule has 1 N–H and O–H groups in total. The van der Waals surface area contributed by atoms with Gasteiger partial charge in [-0.1, -0.05) is 17.7 Å². The third-order valence-electron chi connectivity index (χ3n) is 3.48. The van der Waals surface area contributed by atoms with Gasteiger partial charge in [-0.3, -0.25) is 0 Å². The Labute approximate surface area is 113 Å². The zero-order valence-electron chi connectivity index (χ0n) is 10.7. The van der Waals surface area contributed by atoms with E-state index in [1.807, 2.05) is 18.2 Å². The van der Waals surface area contributed by atoms with Crippen LogP contribution in [0.2, 0.25) is 5.02 Å². The minimum absolute atomic E-state index is 0.0535. The molecule has 0 saturated carbocycles. The Balaban J connectivity index is 2.17. The fraction of sp³-hybridized carbons (Fsp3) is 0.571. The monoisotopic (exact) mass is 269 g/mol. The lowest BCUT2D eigenvalue weighted by Gasteiger charge is -2.35. The van der Waals surface area contributed by atoms with Gasteiger partial charge in [0.25, 0.3) is 0 Å². The molecule has 1 aliphatic rings. The average molecular weight is 270 g/mol. The van der Waals surface area contributed by atoms with Gasteiger partial charge in [0.2, 0.25) is 0 Å². The van der Waals surface area contributed by atoms with Crippen LogP contribution in [0.3, 0.4) is 0 Å². The van der Waals surface area contributed by atoms with Crippen LogP contribution >= 0.6 is 11.6 Å². The normalized spacial score (nSPS) is 20.2. The maximum Gasteiger partial charge on any atom is 0.0702 e. The summed E-state index contributed by atoms with van der Waals surface area (Å²) in [6.45, 7) is 2.85. The van der Waals surface area contributed by atoms with Crippen molar-refractivity contribution in [1.82, 2.24) is 0 Å². The summed E-state index contributed by atoms with van der Waals surface area (Å²) in [5.41, 5.74) is 2.00. The van der Waals surface area contributed by atoms with E-state index in [0.29, 0.717) is 5.92 Å². The summed E-state index contributed by atoms with van der Waals surface area (Å²) in [7, 11) is 1.75. The third-order valence-corrected chi connectivity index (χ3v) is 3.71. The maximum atomic E-state index is 9.41. The molecule has 1 aliphatic heterocycles. The predicted molar refractivity (Wildman–Crippen MR) is 74.2 cm³/mol. The Kier molecular flexibility index (Phi) is 4.87. The first-order chi connectivity index (χ1) is 8.74. The van der Waals surface area contributed by atoms with Crippen LogP contribution in [-0.2, 0) is 11.3 Å². The summed E-state index contributed by atoms with van der Waals surface area (Å²) >= 11 is 6.06. The number of hydrogen-bond acceptors (Lipinski definition) is 3. The number of halogens is 1. The van der Waals surface area contributed by atoms with Gasteiger partial charge in [-0.05, 0) is 30.9 Å². The van der Waals surface area contributed by atoms with Gasteiger partial charge in [-0.2, -0.15) is 0 Å². The van der Waals surface area contributed by atoms with Gasteiger partial charge in [-0.15, -0.1) is 0 Å². The molecule has 0 spiro atoms. The van der Waals surface area contributed by atoms with E-state index in [2.05, 4.69) is 4.90 Å². The molecule has 0 radical (unpaired) electrons. The van der Waals surface area contributed by atoms with E-state index >= 15 is 0 Å². The summed E-state index contributed by atoms with van der Waals surface area (Å²) in [5.74, 6) is 0.564. The first kappa shape index (κ1) is 13.7. The summed E-state index contributed by atoms with van der Waals surface area (Å²) in [6, 6.07) is 5.67. The lowest BCUT2D eigenvalue weighted by atomic mass is 9.97. The first-order valence-corrected chi connectivity index (χ1v) is 6.75. The molecule has 1 saturated heterocycles. The molecule has 0 aromatic heterocycles. The molecule has 1 aromatic carbocycles. The summed E-state index contributed by atoms with van der Waals surface area (Å²) in [6.07, 6.45) is 2.37.